The first kappa shape index (κ1) is 13.3. The van der Waals surface area contributed by atoms with E-state index in [2.05, 4.69) is 14.9 Å². The molecule has 0 amide bonds. The van der Waals surface area contributed by atoms with Gasteiger partial charge < -0.3 is 10.3 Å². The molecular weight excluding hydrogens is 268 g/mol. The molecule has 19 heavy (non-hydrogen) atoms. The van der Waals surface area contributed by atoms with Crippen LogP contribution in [-0.2, 0) is 15.8 Å². The zero-order valence-electron chi connectivity index (χ0n) is 10.5. The topological polar surface area (TPSA) is 111 Å². The van der Waals surface area contributed by atoms with E-state index in [9.17, 15) is 8.42 Å². The summed E-state index contributed by atoms with van der Waals surface area (Å²) in [5, 5.41) is 3.64. The van der Waals surface area contributed by atoms with Crippen LogP contribution in [0.15, 0.2) is 22.9 Å². The number of nitrogens with one attached hydrogen (secondary N) is 1. The van der Waals surface area contributed by atoms with Crippen molar-refractivity contribution in [3.63, 3.8) is 0 Å². The van der Waals surface area contributed by atoms with Gasteiger partial charge in [-0.3, -0.25) is 4.72 Å². The number of nitrogen functional groups attached to an aromatic ring is 1. The van der Waals surface area contributed by atoms with Crippen LogP contribution in [0.1, 0.15) is 17.0 Å². The number of pyridine rings is 1. The third kappa shape index (κ3) is 3.44. The van der Waals surface area contributed by atoms with Crippen molar-refractivity contribution in [3.05, 3.63) is 35.3 Å². The fourth-order valence-electron chi connectivity index (χ4n) is 1.57. The summed E-state index contributed by atoms with van der Waals surface area (Å²) in [7, 11) is -3.59. The van der Waals surface area contributed by atoms with E-state index in [0.717, 1.165) is 0 Å². The average molecular weight is 282 g/mol. The molecule has 0 spiro atoms. The molecule has 3 N–H and O–H groups in total. The summed E-state index contributed by atoms with van der Waals surface area (Å²) in [5.41, 5.74) is 7.03. The summed E-state index contributed by atoms with van der Waals surface area (Å²) in [5.74, 6) is 0.553. The summed E-state index contributed by atoms with van der Waals surface area (Å²) in [6, 6.07) is 3.22. The predicted molar refractivity (Wildman–Crippen MR) is 70.9 cm³/mol. The van der Waals surface area contributed by atoms with Crippen LogP contribution >= 0.6 is 0 Å². The zero-order chi connectivity index (χ0) is 14.0. The highest BCUT2D eigenvalue weighted by molar-refractivity contribution is 7.91. The van der Waals surface area contributed by atoms with Gasteiger partial charge in [-0.1, -0.05) is 5.16 Å². The van der Waals surface area contributed by atoms with E-state index in [-0.39, 0.29) is 11.6 Å². The van der Waals surface area contributed by atoms with Gasteiger partial charge in [-0.2, -0.15) is 0 Å². The molecule has 2 rings (SSSR count). The smallest absolute Gasteiger partial charge is 0.239 e. The van der Waals surface area contributed by atoms with Gasteiger partial charge in [-0.15, -0.1) is 0 Å². The Morgan fingerprint density at radius 1 is 1.37 bits per heavy atom. The molecule has 2 heterocycles. The summed E-state index contributed by atoms with van der Waals surface area (Å²) >= 11 is 0. The van der Waals surface area contributed by atoms with Gasteiger partial charge in [0.05, 0.1) is 11.9 Å². The van der Waals surface area contributed by atoms with Gasteiger partial charge in [0.25, 0.3) is 0 Å². The van der Waals surface area contributed by atoms with E-state index in [1.54, 1.807) is 26.0 Å². The number of sulfonamides is 1. The fourth-order valence-corrected chi connectivity index (χ4v) is 2.67. The summed E-state index contributed by atoms with van der Waals surface area (Å²) in [4.78, 5) is 3.95. The first-order chi connectivity index (χ1) is 8.85. The van der Waals surface area contributed by atoms with Crippen molar-refractivity contribution in [1.29, 1.82) is 0 Å². The van der Waals surface area contributed by atoms with E-state index < -0.39 is 10.0 Å². The van der Waals surface area contributed by atoms with Gasteiger partial charge in [0, 0.05) is 6.07 Å². The quantitative estimate of drug-likeness (QED) is 0.871. The molecule has 0 aliphatic rings. The Balaban J connectivity index is 2.17. The summed E-state index contributed by atoms with van der Waals surface area (Å²) in [6.07, 6.45) is 1.39. The van der Waals surface area contributed by atoms with Gasteiger partial charge in [0.15, 0.2) is 0 Å². The Morgan fingerprint density at radius 3 is 2.68 bits per heavy atom. The molecule has 0 aliphatic heterocycles. The highest BCUT2D eigenvalue weighted by atomic mass is 32.2. The molecular formula is C11H14N4O3S. The summed E-state index contributed by atoms with van der Waals surface area (Å²) in [6.45, 7) is 3.42. The van der Waals surface area contributed by atoms with E-state index in [1.807, 2.05) is 0 Å². The second-order valence-corrected chi connectivity index (χ2v) is 5.95. The monoisotopic (exact) mass is 282 g/mol. The standard InChI is InChI=1S/C11H14N4O3S/c1-7-3-9(12)5-13-11(7)15-19(16,17)6-10-4-8(2)18-14-10/h3-5H,6,12H2,1-2H3,(H,13,15). The molecule has 2 aromatic heterocycles. The molecule has 0 aromatic carbocycles. The van der Waals surface area contributed by atoms with Crippen LogP contribution in [0, 0.1) is 13.8 Å². The number of nitrogens with zero attached hydrogens (tertiary/aromatic N) is 2. The van der Waals surface area contributed by atoms with Crippen molar-refractivity contribution in [2.24, 2.45) is 0 Å². The van der Waals surface area contributed by atoms with Crippen LogP contribution in [0.3, 0.4) is 0 Å². The van der Waals surface area contributed by atoms with Gasteiger partial charge in [-0.25, -0.2) is 13.4 Å². The number of anilines is 2. The third-order valence-corrected chi connectivity index (χ3v) is 3.55. The lowest BCUT2D eigenvalue weighted by Gasteiger charge is -2.08. The molecule has 7 nitrogen and oxygen atoms in total. The van der Waals surface area contributed by atoms with Crippen LogP contribution in [0.4, 0.5) is 11.5 Å². The molecule has 2 aromatic rings. The van der Waals surface area contributed by atoms with Gasteiger partial charge in [0.1, 0.15) is 23.0 Å². The largest absolute Gasteiger partial charge is 0.397 e. The third-order valence-electron chi connectivity index (χ3n) is 2.37. The minimum absolute atomic E-state index is 0.259. The van der Waals surface area contributed by atoms with E-state index in [4.69, 9.17) is 10.3 Å². The lowest BCUT2D eigenvalue weighted by molar-refractivity contribution is 0.392. The SMILES string of the molecule is Cc1cc(CS(=O)(=O)Nc2ncc(N)cc2C)no1. The second-order valence-electron chi connectivity index (χ2n) is 4.22. The minimum Gasteiger partial charge on any atom is -0.397 e. The lowest BCUT2D eigenvalue weighted by atomic mass is 10.3. The van der Waals surface area contributed by atoms with Crippen molar-refractivity contribution in [3.8, 4) is 0 Å². The van der Waals surface area contributed by atoms with Crippen molar-refractivity contribution in [2.75, 3.05) is 10.5 Å². The molecule has 0 aliphatic carbocycles. The molecule has 0 bridgehead atoms. The number of aryl methyl sites for hydroxylation is 2. The number of rotatable bonds is 4. The van der Waals surface area contributed by atoms with Crippen LogP contribution in [0.5, 0.6) is 0 Å². The van der Waals surface area contributed by atoms with Crippen LogP contribution in [-0.4, -0.2) is 18.6 Å². The van der Waals surface area contributed by atoms with Crippen molar-refractivity contribution in [2.45, 2.75) is 19.6 Å². The van der Waals surface area contributed by atoms with Crippen LogP contribution in [0.25, 0.3) is 0 Å². The fraction of sp³-hybridized carbons (Fsp3) is 0.273. The maximum atomic E-state index is 12.0. The molecule has 0 unspecified atom stereocenters. The number of nitrogens with two attached hydrogens (primary N) is 1. The molecule has 102 valence electrons. The molecule has 0 saturated heterocycles. The van der Waals surface area contributed by atoms with Crippen molar-refractivity contribution in [1.82, 2.24) is 10.1 Å². The minimum atomic E-state index is -3.59. The Bertz CT molecular complexity index is 694. The van der Waals surface area contributed by atoms with Crippen LogP contribution < -0.4 is 10.5 Å². The molecule has 0 fully saturated rings. The maximum Gasteiger partial charge on any atom is 0.239 e. The van der Waals surface area contributed by atoms with Gasteiger partial charge >= 0.3 is 0 Å². The van der Waals surface area contributed by atoms with Crippen molar-refractivity contribution >= 4 is 21.5 Å². The molecule has 0 atom stereocenters. The van der Waals surface area contributed by atoms with Gasteiger partial charge in [-0.05, 0) is 25.5 Å². The normalized spacial score (nSPS) is 11.5. The van der Waals surface area contributed by atoms with E-state index >= 15 is 0 Å². The Labute approximate surface area is 110 Å². The number of hydrogen-bond acceptors (Lipinski definition) is 6. The average Bonchev–Trinajstić information content (AvgIpc) is 2.67. The molecule has 0 saturated carbocycles. The van der Waals surface area contributed by atoms with E-state index in [0.29, 0.717) is 22.7 Å². The Kier molecular flexibility index (Phi) is 3.43. The lowest BCUT2D eigenvalue weighted by Crippen LogP contribution is -2.17. The van der Waals surface area contributed by atoms with Crippen molar-refractivity contribution < 1.29 is 12.9 Å². The van der Waals surface area contributed by atoms with E-state index in [1.165, 1.54) is 6.20 Å². The van der Waals surface area contributed by atoms with Gasteiger partial charge in [0.2, 0.25) is 10.0 Å². The second kappa shape index (κ2) is 4.88. The highest BCUT2D eigenvalue weighted by Gasteiger charge is 2.16. The first-order valence-electron chi connectivity index (χ1n) is 5.50. The zero-order valence-corrected chi connectivity index (χ0v) is 11.4. The highest BCUT2D eigenvalue weighted by Crippen LogP contribution is 2.16. The van der Waals surface area contributed by atoms with Crippen LogP contribution in [0.2, 0.25) is 0 Å². The number of aromatic nitrogens is 2. The Morgan fingerprint density at radius 2 is 2.11 bits per heavy atom. The molecule has 8 heteroatoms. The number of hydrogen-bond donors (Lipinski definition) is 2. The summed E-state index contributed by atoms with van der Waals surface area (Å²) < 4.78 is 31.1. The maximum absolute atomic E-state index is 12.0. The predicted octanol–water partition coefficient (Wildman–Crippen LogP) is 1.21. The first-order valence-corrected chi connectivity index (χ1v) is 7.16. The molecule has 0 radical (unpaired) electrons. The Hall–Kier alpha value is -2.09.